The maximum Gasteiger partial charge on any atom is 0.134 e. The minimum atomic E-state index is 0.556. The van der Waals surface area contributed by atoms with Gasteiger partial charge in [-0.15, -0.1) is 0 Å². The SMILES string of the molecule is Nc1ncnc2cc(N3CCCCC3)ccc12. The van der Waals surface area contributed by atoms with Crippen LogP contribution in [0.15, 0.2) is 24.5 Å². The normalized spacial score (nSPS) is 16.4. The van der Waals surface area contributed by atoms with E-state index in [1.807, 2.05) is 6.07 Å². The standard InChI is InChI=1S/C13H16N4/c14-13-11-5-4-10(8-12(11)15-9-16-13)17-6-2-1-3-7-17/h4-5,8-9H,1-3,6-7H2,(H2,14,15,16). The third-order valence-electron chi connectivity index (χ3n) is 3.37. The number of anilines is 2. The summed E-state index contributed by atoms with van der Waals surface area (Å²) in [7, 11) is 0. The quantitative estimate of drug-likeness (QED) is 0.813. The molecular weight excluding hydrogens is 212 g/mol. The van der Waals surface area contributed by atoms with Crippen LogP contribution in [0.2, 0.25) is 0 Å². The minimum Gasteiger partial charge on any atom is -0.383 e. The van der Waals surface area contributed by atoms with Gasteiger partial charge in [0.1, 0.15) is 12.1 Å². The first kappa shape index (κ1) is 10.3. The van der Waals surface area contributed by atoms with E-state index < -0.39 is 0 Å². The Morgan fingerprint density at radius 2 is 1.88 bits per heavy atom. The molecule has 1 aliphatic rings. The largest absolute Gasteiger partial charge is 0.383 e. The van der Waals surface area contributed by atoms with E-state index in [2.05, 4.69) is 27.0 Å². The fraction of sp³-hybridized carbons (Fsp3) is 0.385. The summed E-state index contributed by atoms with van der Waals surface area (Å²) in [6, 6.07) is 6.25. The molecule has 0 unspecified atom stereocenters. The Bertz CT molecular complexity index is 532. The number of fused-ring (bicyclic) bond motifs is 1. The van der Waals surface area contributed by atoms with E-state index in [1.165, 1.54) is 31.3 Å². The molecule has 4 heteroatoms. The van der Waals surface area contributed by atoms with E-state index in [-0.39, 0.29) is 0 Å². The van der Waals surface area contributed by atoms with Gasteiger partial charge in [-0.05, 0) is 37.5 Å². The summed E-state index contributed by atoms with van der Waals surface area (Å²) in [5, 5.41) is 0.938. The molecule has 1 saturated heterocycles. The van der Waals surface area contributed by atoms with Crippen LogP contribution in [0, 0.1) is 0 Å². The average molecular weight is 228 g/mol. The molecule has 3 rings (SSSR count). The van der Waals surface area contributed by atoms with Crippen LogP contribution in [0.3, 0.4) is 0 Å². The first-order chi connectivity index (χ1) is 8.34. The minimum absolute atomic E-state index is 0.556. The van der Waals surface area contributed by atoms with Crippen molar-refractivity contribution in [2.75, 3.05) is 23.7 Å². The maximum atomic E-state index is 5.82. The third-order valence-corrected chi connectivity index (χ3v) is 3.37. The summed E-state index contributed by atoms with van der Waals surface area (Å²) in [5.74, 6) is 0.556. The van der Waals surface area contributed by atoms with Gasteiger partial charge < -0.3 is 10.6 Å². The van der Waals surface area contributed by atoms with Crippen molar-refractivity contribution in [3.8, 4) is 0 Å². The fourth-order valence-electron chi connectivity index (χ4n) is 2.42. The van der Waals surface area contributed by atoms with E-state index >= 15 is 0 Å². The molecule has 0 aliphatic carbocycles. The Morgan fingerprint density at radius 3 is 2.71 bits per heavy atom. The highest BCUT2D eigenvalue weighted by atomic mass is 15.1. The number of benzene rings is 1. The van der Waals surface area contributed by atoms with Gasteiger partial charge in [0.05, 0.1) is 5.52 Å². The molecule has 17 heavy (non-hydrogen) atoms. The smallest absolute Gasteiger partial charge is 0.134 e. The Hall–Kier alpha value is -1.84. The molecule has 2 N–H and O–H groups in total. The molecule has 1 aliphatic heterocycles. The first-order valence-electron chi connectivity index (χ1n) is 6.10. The lowest BCUT2D eigenvalue weighted by atomic mass is 10.1. The van der Waals surface area contributed by atoms with Crippen molar-refractivity contribution in [1.82, 2.24) is 9.97 Å². The van der Waals surface area contributed by atoms with Crippen LogP contribution in [0.5, 0.6) is 0 Å². The van der Waals surface area contributed by atoms with Gasteiger partial charge in [-0.2, -0.15) is 0 Å². The fourth-order valence-corrected chi connectivity index (χ4v) is 2.42. The van der Waals surface area contributed by atoms with E-state index in [0.29, 0.717) is 5.82 Å². The van der Waals surface area contributed by atoms with Crippen molar-refractivity contribution in [3.05, 3.63) is 24.5 Å². The number of nitrogens with two attached hydrogens (primary N) is 1. The van der Waals surface area contributed by atoms with Crippen LogP contribution in [0.1, 0.15) is 19.3 Å². The number of piperidine rings is 1. The third kappa shape index (κ3) is 1.90. The van der Waals surface area contributed by atoms with E-state index in [9.17, 15) is 0 Å². The van der Waals surface area contributed by atoms with E-state index in [0.717, 1.165) is 24.0 Å². The van der Waals surface area contributed by atoms with Crippen molar-refractivity contribution in [1.29, 1.82) is 0 Å². The van der Waals surface area contributed by atoms with Crippen LogP contribution in [0.4, 0.5) is 11.5 Å². The molecule has 0 spiro atoms. The Labute approximate surface area is 100 Å². The molecular formula is C13H16N4. The van der Waals surface area contributed by atoms with E-state index in [4.69, 9.17) is 5.73 Å². The lowest BCUT2D eigenvalue weighted by Gasteiger charge is -2.28. The molecule has 1 aromatic heterocycles. The van der Waals surface area contributed by atoms with Gasteiger partial charge in [-0.1, -0.05) is 0 Å². The maximum absolute atomic E-state index is 5.82. The summed E-state index contributed by atoms with van der Waals surface area (Å²) in [5.41, 5.74) is 8.00. The molecule has 88 valence electrons. The summed E-state index contributed by atoms with van der Waals surface area (Å²) in [6.07, 6.45) is 5.44. The molecule has 0 amide bonds. The van der Waals surface area contributed by atoms with Crippen molar-refractivity contribution >= 4 is 22.4 Å². The number of aromatic nitrogens is 2. The predicted molar refractivity (Wildman–Crippen MR) is 70.0 cm³/mol. The Morgan fingerprint density at radius 1 is 1.06 bits per heavy atom. The van der Waals surface area contributed by atoms with Crippen molar-refractivity contribution < 1.29 is 0 Å². The summed E-state index contributed by atoms with van der Waals surface area (Å²) >= 11 is 0. The Kier molecular flexibility index (Phi) is 2.55. The first-order valence-corrected chi connectivity index (χ1v) is 6.10. The monoisotopic (exact) mass is 228 g/mol. The summed E-state index contributed by atoms with van der Waals surface area (Å²) < 4.78 is 0. The van der Waals surface area contributed by atoms with Crippen LogP contribution >= 0.6 is 0 Å². The highest BCUT2D eigenvalue weighted by Crippen LogP contribution is 2.25. The zero-order valence-corrected chi connectivity index (χ0v) is 9.76. The molecule has 2 heterocycles. The second-order valence-corrected chi connectivity index (χ2v) is 4.51. The van der Waals surface area contributed by atoms with Gasteiger partial charge in [0.15, 0.2) is 0 Å². The molecule has 4 nitrogen and oxygen atoms in total. The second-order valence-electron chi connectivity index (χ2n) is 4.51. The average Bonchev–Trinajstić information content (AvgIpc) is 2.40. The molecule has 0 radical (unpaired) electrons. The second kappa shape index (κ2) is 4.20. The van der Waals surface area contributed by atoms with Gasteiger partial charge >= 0.3 is 0 Å². The van der Waals surface area contributed by atoms with Gasteiger partial charge in [-0.3, -0.25) is 0 Å². The number of hydrogen-bond donors (Lipinski definition) is 1. The predicted octanol–water partition coefficient (Wildman–Crippen LogP) is 2.20. The molecule has 0 saturated carbocycles. The number of rotatable bonds is 1. The van der Waals surface area contributed by atoms with Crippen molar-refractivity contribution in [2.24, 2.45) is 0 Å². The topological polar surface area (TPSA) is 55.0 Å². The molecule has 0 atom stereocenters. The highest BCUT2D eigenvalue weighted by molar-refractivity contribution is 5.90. The number of nitrogens with zero attached hydrogens (tertiary/aromatic N) is 3. The zero-order valence-electron chi connectivity index (χ0n) is 9.76. The van der Waals surface area contributed by atoms with Crippen molar-refractivity contribution in [3.63, 3.8) is 0 Å². The lowest BCUT2D eigenvalue weighted by molar-refractivity contribution is 0.578. The van der Waals surface area contributed by atoms with Gasteiger partial charge in [0.25, 0.3) is 0 Å². The van der Waals surface area contributed by atoms with Crippen LogP contribution in [-0.4, -0.2) is 23.1 Å². The molecule has 1 fully saturated rings. The van der Waals surface area contributed by atoms with Crippen LogP contribution < -0.4 is 10.6 Å². The number of nitrogen functional groups attached to an aromatic ring is 1. The van der Waals surface area contributed by atoms with Gasteiger partial charge in [0.2, 0.25) is 0 Å². The lowest BCUT2D eigenvalue weighted by Crippen LogP contribution is -2.29. The number of hydrogen-bond acceptors (Lipinski definition) is 4. The summed E-state index contributed by atoms with van der Waals surface area (Å²) in [4.78, 5) is 10.7. The summed E-state index contributed by atoms with van der Waals surface area (Å²) in [6.45, 7) is 2.29. The molecule has 0 bridgehead atoms. The van der Waals surface area contributed by atoms with Gasteiger partial charge in [-0.25, -0.2) is 9.97 Å². The van der Waals surface area contributed by atoms with Crippen LogP contribution in [0.25, 0.3) is 10.9 Å². The van der Waals surface area contributed by atoms with Crippen molar-refractivity contribution in [2.45, 2.75) is 19.3 Å². The van der Waals surface area contributed by atoms with E-state index in [1.54, 1.807) is 0 Å². The molecule has 2 aromatic rings. The molecule has 1 aromatic carbocycles. The zero-order chi connectivity index (χ0) is 11.7. The highest BCUT2D eigenvalue weighted by Gasteiger charge is 2.11. The van der Waals surface area contributed by atoms with Gasteiger partial charge in [0, 0.05) is 24.2 Å². The Balaban J connectivity index is 2.01. The van der Waals surface area contributed by atoms with Crippen LogP contribution in [-0.2, 0) is 0 Å².